The molecule has 1 aromatic carbocycles. The topological polar surface area (TPSA) is 132 Å². The van der Waals surface area contributed by atoms with E-state index >= 15 is 0 Å². The van der Waals surface area contributed by atoms with Crippen LogP contribution in [0.4, 0.5) is 0 Å². The van der Waals surface area contributed by atoms with Crippen molar-refractivity contribution in [2.75, 3.05) is 0 Å². The summed E-state index contributed by atoms with van der Waals surface area (Å²) in [6, 6.07) is 9.03. The lowest BCUT2D eigenvalue weighted by Gasteiger charge is -2.51. The van der Waals surface area contributed by atoms with Crippen LogP contribution in [-0.2, 0) is 34.8 Å². The van der Waals surface area contributed by atoms with Crippen LogP contribution in [0.15, 0.2) is 35.4 Å². The normalized spacial score (nSPS) is 34.2. The van der Waals surface area contributed by atoms with E-state index in [0.29, 0.717) is 12.3 Å². The summed E-state index contributed by atoms with van der Waals surface area (Å²) in [6.07, 6.45) is -4.77. The van der Waals surface area contributed by atoms with Crippen LogP contribution in [0.5, 0.6) is 0 Å². The lowest BCUT2D eigenvalue weighted by atomic mass is 9.87. The summed E-state index contributed by atoms with van der Waals surface area (Å²) < 4.78 is 32.2. The molecule has 0 bridgehead atoms. The quantitative estimate of drug-likeness (QED) is 0.127. The number of ketones is 1. The van der Waals surface area contributed by atoms with Crippen molar-refractivity contribution in [2.45, 2.75) is 136 Å². The zero-order chi connectivity index (χ0) is 31.4. The highest BCUT2D eigenvalue weighted by Gasteiger charge is 2.53. The van der Waals surface area contributed by atoms with Crippen molar-refractivity contribution in [3.63, 3.8) is 0 Å². The highest BCUT2D eigenvalue weighted by Crippen LogP contribution is 2.47. The van der Waals surface area contributed by atoms with Crippen molar-refractivity contribution in [1.82, 2.24) is 0 Å². The minimum Gasteiger partial charge on any atom is -0.392 e. The van der Waals surface area contributed by atoms with Crippen molar-refractivity contribution < 1.29 is 33.3 Å². The average molecular weight is 606 g/mol. The first-order valence-corrected chi connectivity index (χ1v) is 18.1. The Bertz CT molecular complexity index is 1080. The summed E-state index contributed by atoms with van der Waals surface area (Å²) in [6.45, 7) is 20.7. The van der Waals surface area contributed by atoms with Gasteiger partial charge in [0, 0.05) is 10.8 Å². The molecular weight excluding hydrogens is 554 g/mol. The minimum atomic E-state index is -2.33. The first kappa shape index (κ1) is 34.7. The molecule has 4 unspecified atom stereocenters. The number of aliphatic hydroxyl groups is 1. The molecule has 1 aromatic rings. The number of ether oxygens (including phenoxy) is 4. The number of hydrogen-bond acceptors (Lipinski definition) is 8. The second kappa shape index (κ2) is 14.3. The van der Waals surface area contributed by atoms with Gasteiger partial charge in [-0.3, -0.25) is 4.79 Å². The fraction of sp³-hybridized carbons (Fsp3) is 0.774. The molecule has 2 saturated heterocycles. The van der Waals surface area contributed by atoms with E-state index in [0.717, 1.165) is 5.56 Å². The van der Waals surface area contributed by atoms with Crippen LogP contribution >= 0.6 is 0 Å². The number of aliphatic hydroxyl groups excluding tert-OH is 1. The lowest BCUT2D eigenvalue weighted by Crippen LogP contribution is -2.61. The Morgan fingerprint density at radius 2 is 1.76 bits per heavy atom. The third-order valence-corrected chi connectivity index (χ3v) is 14.4. The maximum atomic E-state index is 12.5. The molecular formula is C31H51N3O7Si. The summed E-state index contributed by atoms with van der Waals surface area (Å²) in [4.78, 5) is 15.7. The summed E-state index contributed by atoms with van der Waals surface area (Å²) in [7, 11) is -2.33. The minimum absolute atomic E-state index is 0.0573. The average Bonchev–Trinajstić information content (AvgIpc) is 2.93. The Labute approximate surface area is 252 Å². The largest absolute Gasteiger partial charge is 0.392 e. The van der Waals surface area contributed by atoms with Gasteiger partial charge in [-0.15, -0.1) is 0 Å². The summed E-state index contributed by atoms with van der Waals surface area (Å²) in [5.74, 6) is -0.604. The van der Waals surface area contributed by atoms with Crippen LogP contribution in [0.2, 0.25) is 18.1 Å². The van der Waals surface area contributed by atoms with Crippen LogP contribution in [0, 0.1) is 17.8 Å². The van der Waals surface area contributed by atoms with Gasteiger partial charge in [0.25, 0.3) is 0 Å². The van der Waals surface area contributed by atoms with E-state index < -0.39 is 57.3 Å². The molecule has 2 aliphatic heterocycles. The van der Waals surface area contributed by atoms with Gasteiger partial charge in [0.05, 0.1) is 31.0 Å². The molecule has 236 valence electrons. The Kier molecular flexibility index (Phi) is 11.8. The number of benzene rings is 1. The van der Waals surface area contributed by atoms with E-state index in [1.807, 2.05) is 51.1 Å². The molecule has 42 heavy (non-hydrogen) atoms. The molecule has 10 nitrogen and oxygen atoms in total. The lowest BCUT2D eigenvalue weighted by molar-refractivity contribution is -0.320. The molecule has 0 aromatic heterocycles. The van der Waals surface area contributed by atoms with Crippen LogP contribution < -0.4 is 0 Å². The van der Waals surface area contributed by atoms with Crippen molar-refractivity contribution in [3.8, 4) is 0 Å². The predicted octanol–water partition coefficient (Wildman–Crippen LogP) is 6.38. The smallest absolute Gasteiger partial charge is 0.196 e. The zero-order valence-electron chi connectivity index (χ0n) is 26.9. The van der Waals surface area contributed by atoms with Gasteiger partial charge in [0.2, 0.25) is 0 Å². The molecule has 10 atom stereocenters. The highest BCUT2D eigenvalue weighted by molar-refractivity contribution is 6.74. The van der Waals surface area contributed by atoms with Gasteiger partial charge in [-0.25, -0.2) is 0 Å². The van der Waals surface area contributed by atoms with E-state index in [1.165, 1.54) is 6.92 Å². The van der Waals surface area contributed by atoms with Gasteiger partial charge in [-0.05, 0) is 54.4 Å². The van der Waals surface area contributed by atoms with Crippen molar-refractivity contribution in [3.05, 3.63) is 46.3 Å². The van der Waals surface area contributed by atoms with E-state index in [2.05, 4.69) is 50.8 Å². The SMILES string of the molecule is CCC1O[C@@H](O[Si](C)(C)C(C)(C)C(C)C)C(N=[N+]=[N-])[C@@H](C)[C@@H]1O[C@@H]1OC(C(C)=O)[C@@H](O)C(OCc2ccccc2)[C@@H]1C. The molecule has 0 saturated carbocycles. The Morgan fingerprint density at radius 1 is 1.12 bits per heavy atom. The zero-order valence-corrected chi connectivity index (χ0v) is 27.9. The third kappa shape index (κ3) is 7.45. The number of azide groups is 1. The van der Waals surface area contributed by atoms with Gasteiger partial charge < -0.3 is 28.5 Å². The van der Waals surface area contributed by atoms with Gasteiger partial charge in [0.15, 0.2) is 26.7 Å². The Balaban J connectivity index is 1.85. The van der Waals surface area contributed by atoms with Crippen molar-refractivity contribution in [2.24, 2.45) is 22.9 Å². The Hall–Kier alpha value is -1.82. The molecule has 2 heterocycles. The molecule has 0 spiro atoms. The maximum absolute atomic E-state index is 12.5. The first-order valence-electron chi connectivity index (χ1n) is 15.2. The molecule has 0 radical (unpaired) electrons. The molecule has 0 aliphatic carbocycles. The summed E-state index contributed by atoms with van der Waals surface area (Å²) in [5.41, 5.74) is 10.5. The highest BCUT2D eigenvalue weighted by atomic mass is 28.4. The fourth-order valence-electron chi connectivity index (χ4n) is 5.76. The van der Waals surface area contributed by atoms with Gasteiger partial charge >= 0.3 is 0 Å². The third-order valence-electron chi connectivity index (χ3n) is 9.86. The van der Waals surface area contributed by atoms with Crippen LogP contribution in [0.3, 0.4) is 0 Å². The molecule has 2 aliphatic rings. The molecule has 1 N–H and O–H groups in total. The number of nitrogens with zero attached hydrogens (tertiary/aromatic N) is 3. The molecule has 0 amide bonds. The molecule has 11 heteroatoms. The number of Topliss-reactive ketones (excluding diaryl/α,β-unsaturated/α-hetero) is 1. The monoisotopic (exact) mass is 605 g/mol. The van der Waals surface area contributed by atoms with Crippen molar-refractivity contribution in [1.29, 1.82) is 0 Å². The second-order valence-corrected chi connectivity index (χ2v) is 17.8. The Morgan fingerprint density at radius 3 is 2.31 bits per heavy atom. The van der Waals surface area contributed by atoms with Crippen LogP contribution in [-0.4, -0.2) is 68.3 Å². The van der Waals surface area contributed by atoms with Gasteiger partial charge in [-0.2, -0.15) is 0 Å². The number of carbonyl (C=O) groups excluding carboxylic acids is 1. The predicted molar refractivity (Wildman–Crippen MR) is 163 cm³/mol. The summed E-state index contributed by atoms with van der Waals surface area (Å²) in [5, 5.41) is 15.1. The van der Waals surface area contributed by atoms with E-state index in [9.17, 15) is 15.4 Å². The van der Waals surface area contributed by atoms with E-state index in [-0.39, 0.29) is 29.5 Å². The maximum Gasteiger partial charge on any atom is 0.196 e. The van der Waals surface area contributed by atoms with Crippen LogP contribution in [0.1, 0.15) is 67.4 Å². The molecule has 2 fully saturated rings. The van der Waals surface area contributed by atoms with Crippen molar-refractivity contribution >= 4 is 14.1 Å². The van der Waals surface area contributed by atoms with E-state index in [1.54, 1.807) is 0 Å². The standard InChI is InChI=1S/C31H51N3O7Si/c1-11-23-26(19(4)24(33-34-32)30(38-23)41-42(9,10)31(7,8)18(2)3)39-29-20(5)27(25(36)28(40-29)21(6)35)37-17-22-15-13-12-14-16-22/h12-16,18-20,23-30,36H,11,17H2,1-10H3/t19-,20+,23?,24?,25+,26+,27?,28?,29-,30+/m1/s1. The molecule has 3 rings (SSSR count). The summed E-state index contributed by atoms with van der Waals surface area (Å²) >= 11 is 0. The van der Waals surface area contributed by atoms with Crippen LogP contribution in [0.25, 0.3) is 10.4 Å². The van der Waals surface area contributed by atoms with E-state index in [4.69, 9.17) is 23.4 Å². The number of carbonyl (C=O) groups is 1. The van der Waals surface area contributed by atoms with Gasteiger partial charge in [-0.1, -0.05) is 83.9 Å². The van der Waals surface area contributed by atoms with Gasteiger partial charge in [0.1, 0.15) is 12.2 Å². The second-order valence-electron chi connectivity index (χ2n) is 13.3. The fourth-order valence-corrected chi connectivity index (χ4v) is 8.23. The first-order chi connectivity index (χ1) is 19.7. The number of rotatable bonds is 12. The number of hydrogen-bond donors (Lipinski definition) is 1.